The number of para-hydroxylation sites is 1. The number of benzene rings is 2. The first-order valence-corrected chi connectivity index (χ1v) is 6.63. The predicted molar refractivity (Wildman–Crippen MR) is 81.1 cm³/mol. The Labute approximate surface area is 124 Å². The van der Waals surface area contributed by atoms with E-state index in [1.807, 2.05) is 37.3 Å². The van der Waals surface area contributed by atoms with Gasteiger partial charge in [0.25, 0.3) is 5.91 Å². The fourth-order valence-corrected chi connectivity index (χ4v) is 1.81. The average molecular weight is 280 g/mol. The van der Waals surface area contributed by atoms with E-state index < -0.39 is 6.10 Å². The molecule has 0 bridgehead atoms. The smallest absolute Gasteiger partial charge is 0.265 e. The zero-order chi connectivity index (χ0) is 15.2. The van der Waals surface area contributed by atoms with Crippen molar-refractivity contribution in [1.29, 1.82) is 5.26 Å². The topological polar surface area (TPSA) is 62.1 Å². The van der Waals surface area contributed by atoms with Crippen LogP contribution < -0.4 is 10.1 Å². The van der Waals surface area contributed by atoms with Gasteiger partial charge in [0.1, 0.15) is 5.75 Å². The van der Waals surface area contributed by atoms with Gasteiger partial charge >= 0.3 is 0 Å². The van der Waals surface area contributed by atoms with E-state index in [2.05, 4.69) is 5.32 Å². The number of nitrogens with zero attached hydrogens (tertiary/aromatic N) is 1. The Morgan fingerprint density at radius 1 is 1.19 bits per heavy atom. The van der Waals surface area contributed by atoms with Crippen LogP contribution in [0.1, 0.15) is 18.1 Å². The Kier molecular flexibility index (Phi) is 4.57. The molecule has 0 unspecified atom stereocenters. The summed E-state index contributed by atoms with van der Waals surface area (Å²) in [4.78, 5) is 12.1. The van der Waals surface area contributed by atoms with E-state index in [-0.39, 0.29) is 5.91 Å². The van der Waals surface area contributed by atoms with Gasteiger partial charge in [-0.3, -0.25) is 4.79 Å². The van der Waals surface area contributed by atoms with Crippen molar-refractivity contribution >= 4 is 11.6 Å². The number of nitrogens with one attached hydrogen (secondary N) is 1. The van der Waals surface area contributed by atoms with Gasteiger partial charge in [0, 0.05) is 5.69 Å². The maximum absolute atomic E-state index is 12.1. The van der Waals surface area contributed by atoms with Crippen LogP contribution in [0.2, 0.25) is 0 Å². The number of hydrogen-bond donors (Lipinski definition) is 1. The molecule has 21 heavy (non-hydrogen) atoms. The van der Waals surface area contributed by atoms with Crippen LogP contribution in [0.5, 0.6) is 5.75 Å². The molecule has 1 atom stereocenters. The van der Waals surface area contributed by atoms with Crippen molar-refractivity contribution in [3.63, 3.8) is 0 Å². The first kappa shape index (κ1) is 14.6. The van der Waals surface area contributed by atoms with E-state index >= 15 is 0 Å². The van der Waals surface area contributed by atoms with Crippen molar-refractivity contribution < 1.29 is 9.53 Å². The molecule has 0 aliphatic heterocycles. The molecule has 1 N–H and O–H groups in total. The fourth-order valence-electron chi connectivity index (χ4n) is 1.81. The molecule has 1 amide bonds. The second-order valence-electron chi connectivity index (χ2n) is 4.70. The average Bonchev–Trinajstić information content (AvgIpc) is 2.50. The molecule has 2 rings (SSSR count). The molecule has 4 heteroatoms. The predicted octanol–water partition coefficient (Wildman–Crippen LogP) is 3.27. The van der Waals surface area contributed by atoms with Crippen molar-refractivity contribution in [3.8, 4) is 11.8 Å². The molecule has 0 radical (unpaired) electrons. The van der Waals surface area contributed by atoms with E-state index in [9.17, 15) is 4.79 Å². The lowest BCUT2D eigenvalue weighted by Gasteiger charge is -2.15. The molecule has 0 heterocycles. The van der Waals surface area contributed by atoms with E-state index in [0.717, 1.165) is 11.3 Å². The molecule has 2 aromatic rings. The molecule has 106 valence electrons. The summed E-state index contributed by atoms with van der Waals surface area (Å²) in [6.07, 6.45) is -0.627. The first-order chi connectivity index (χ1) is 10.1. The lowest BCUT2D eigenvalue weighted by molar-refractivity contribution is -0.122. The molecule has 2 aromatic carbocycles. The molecule has 0 aliphatic carbocycles. The van der Waals surface area contributed by atoms with Gasteiger partial charge < -0.3 is 10.1 Å². The van der Waals surface area contributed by atoms with Crippen LogP contribution in [0.15, 0.2) is 48.5 Å². The highest BCUT2D eigenvalue weighted by Gasteiger charge is 2.15. The van der Waals surface area contributed by atoms with E-state index in [1.54, 1.807) is 31.2 Å². The minimum absolute atomic E-state index is 0.214. The van der Waals surface area contributed by atoms with Crippen LogP contribution in [-0.2, 0) is 4.79 Å². The standard InChI is InChI=1S/C17H16N2O2/c1-12-5-3-4-6-16(12)19-17(20)13(2)21-15-9-7-14(11-18)8-10-15/h3-10,13H,1-2H3,(H,19,20)/t13-/m0/s1. The van der Waals surface area contributed by atoms with Crippen molar-refractivity contribution in [3.05, 3.63) is 59.7 Å². The lowest BCUT2D eigenvalue weighted by Crippen LogP contribution is -2.30. The fraction of sp³-hybridized carbons (Fsp3) is 0.176. The van der Waals surface area contributed by atoms with Crippen molar-refractivity contribution in [2.45, 2.75) is 20.0 Å². The Balaban J connectivity index is 1.99. The maximum Gasteiger partial charge on any atom is 0.265 e. The third-order valence-electron chi connectivity index (χ3n) is 3.07. The number of aryl methyl sites for hydroxylation is 1. The van der Waals surface area contributed by atoms with Gasteiger partial charge in [-0.25, -0.2) is 0 Å². The lowest BCUT2D eigenvalue weighted by atomic mass is 10.2. The SMILES string of the molecule is Cc1ccccc1NC(=O)[C@H](C)Oc1ccc(C#N)cc1. The zero-order valence-electron chi connectivity index (χ0n) is 12.0. The highest BCUT2D eigenvalue weighted by Crippen LogP contribution is 2.16. The quantitative estimate of drug-likeness (QED) is 0.935. The summed E-state index contributed by atoms with van der Waals surface area (Å²) in [6, 6.07) is 16.3. The minimum Gasteiger partial charge on any atom is -0.481 e. The third kappa shape index (κ3) is 3.83. The second kappa shape index (κ2) is 6.58. The number of hydrogen-bond acceptors (Lipinski definition) is 3. The molecule has 0 saturated heterocycles. The normalized spacial score (nSPS) is 11.3. The van der Waals surface area contributed by atoms with E-state index in [0.29, 0.717) is 11.3 Å². The molecule has 0 spiro atoms. The summed E-state index contributed by atoms with van der Waals surface area (Å²) >= 11 is 0. The van der Waals surface area contributed by atoms with Crippen LogP contribution in [-0.4, -0.2) is 12.0 Å². The van der Waals surface area contributed by atoms with Crippen LogP contribution in [0.4, 0.5) is 5.69 Å². The highest BCUT2D eigenvalue weighted by atomic mass is 16.5. The molecular formula is C17H16N2O2. The van der Waals surface area contributed by atoms with Crippen molar-refractivity contribution in [2.75, 3.05) is 5.32 Å². The minimum atomic E-state index is -0.627. The second-order valence-corrected chi connectivity index (χ2v) is 4.70. The zero-order valence-corrected chi connectivity index (χ0v) is 12.0. The van der Waals surface area contributed by atoms with Crippen LogP contribution >= 0.6 is 0 Å². The van der Waals surface area contributed by atoms with Gasteiger partial charge in [0.05, 0.1) is 11.6 Å². The van der Waals surface area contributed by atoms with Gasteiger partial charge in [-0.1, -0.05) is 18.2 Å². The van der Waals surface area contributed by atoms with Crippen LogP contribution in [0, 0.1) is 18.3 Å². The Hall–Kier alpha value is -2.80. The summed E-state index contributed by atoms with van der Waals surface area (Å²) in [6.45, 7) is 3.62. The molecule has 0 saturated carbocycles. The summed E-state index contributed by atoms with van der Waals surface area (Å²) in [7, 11) is 0. The van der Waals surface area contributed by atoms with Gasteiger partial charge in [0.2, 0.25) is 0 Å². The number of amides is 1. The molecule has 0 fully saturated rings. The van der Waals surface area contributed by atoms with E-state index in [1.165, 1.54) is 0 Å². The largest absolute Gasteiger partial charge is 0.481 e. The summed E-state index contributed by atoms with van der Waals surface area (Å²) < 4.78 is 5.57. The Morgan fingerprint density at radius 2 is 1.86 bits per heavy atom. The molecule has 4 nitrogen and oxygen atoms in total. The summed E-state index contributed by atoms with van der Waals surface area (Å²) in [5.74, 6) is 0.343. The number of anilines is 1. The van der Waals surface area contributed by atoms with E-state index in [4.69, 9.17) is 10.00 Å². The van der Waals surface area contributed by atoms with Crippen molar-refractivity contribution in [1.82, 2.24) is 0 Å². The Morgan fingerprint density at radius 3 is 2.48 bits per heavy atom. The van der Waals surface area contributed by atoms with Crippen molar-refractivity contribution in [2.24, 2.45) is 0 Å². The summed E-state index contributed by atoms with van der Waals surface area (Å²) in [5.41, 5.74) is 2.33. The monoisotopic (exact) mass is 280 g/mol. The Bertz CT molecular complexity index is 672. The maximum atomic E-state index is 12.1. The number of ether oxygens (including phenoxy) is 1. The molecule has 0 aromatic heterocycles. The first-order valence-electron chi connectivity index (χ1n) is 6.63. The van der Waals surface area contributed by atoms with Gasteiger partial charge in [0.15, 0.2) is 6.10 Å². The van der Waals surface area contributed by atoms with Gasteiger partial charge in [-0.15, -0.1) is 0 Å². The molecule has 0 aliphatic rings. The van der Waals surface area contributed by atoms with Gasteiger partial charge in [-0.05, 0) is 49.7 Å². The third-order valence-corrected chi connectivity index (χ3v) is 3.07. The highest BCUT2D eigenvalue weighted by molar-refractivity contribution is 5.94. The van der Waals surface area contributed by atoms with Crippen LogP contribution in [0.25, 0.3) is 0 Å². The number of nitriles is 1. The number of carbonyl (C=O) groups excluding carboxylic acids is 1. The summed E-state index contributed by atoms with van der Waals surface area (Å²) in [5, 5.41) is 11.6. The van der Waals surface area contributed by atoms with Crippen LogP contribution in [0.3, 0.4) is 0 Å². The van der Waals surface area contributed by atoms with Gasteiger partial charge in [-0.2, -0.15) is 5.26 Å². The number of rotatable bonds is 4. The molecular weight excluding hydrogens is 264 g/mol. The number of carbonyl (C=O) groups is 1.